The second-order valence-electron chi connectivity index (χ2n) is 4.58. The Kier molecular flexibility index (Phi) is 4.15. The lowest BCUT2D eigenvalue weighted by molar-refractivity contribution is -0.384. The molecule has 0 saturated heterocycles. The molecule has 0 aliphatic heterocycles. The molecule has 0 aliphatic carbocycles. The highest BCUT2D eigenvalue weighted by atomic mass is 32.1. The van der Waals surface area contributed by atoms with Gasteiger partial charge in [0.15, 0.2) is 5.82 Å². The first kappa shape index (κ1) is 14.9. The van der Waals surface area contributed by atoms with Gasteiger partial charge in [-0.2, -0.15) is 9.36 Å². The van der Waals surface area contributed by atoms with Crippen molar-refractivity contribution in [3.05, 3.63) is 58.6 Å². The molecule has 2 aromatic carbocycles. The third-order valence-electron chi connectivity index (χ3n) is 3.08. The highest BCUT2D eigenvalue weighted by molar-refractivity contribution is 7.09. The lowest BCUT2D eigenvalue weighted by atomic mass is 10.2. The maximum absolute atomic E-state index is 10.8. The van der Waals surface area contributed by atoms with E-state index < -0.39 is 4.92 Å². The zero-order valence-electron chi connectivity index (χ0n) is 12.1. The third-order valence-corrected chi connectivity index (χ3v) is 3.71. The molecule has 0 atom stereocenters. The molecule has 1 heterocycles. The zero-order valence-corrected chi connectivity index (χ0v) is 12.9. The summed E-state index contributed by atoms with van der Waals surface area (Å²) in [7, 11) is 1.61. The lowest BCUT2D eigenvalue weighted by Gasteiger charge is -2.03. The van der Waals surface area contributed by atoms with Crippen molar-refractivity contribution >= 4 is 28.0 Å². The Balaban J connectivity index is 1.79. The Morgan fingerprint density at radius 1 is 1.22 bits per heavy atom. The summed E-state index contributed by atoms with van der Waals surface area (Å²) >= 11 is 1.19. The van der Waals surface area contributed by atoms with Crippen molar-refractivity contribution in [3.63, 3.8) is 0 Å². The summed E-state index contributed by atoms with van der Waals surface area (Å²) in [6.45, 7) is 0. The van der Waals surface area contributed by atoms with E-state index >= 15 is 0 Å². The number of nitro groups is 1. The number of nitro benzene ring substituents is 1. The highest BCUT2D eigenvalue weighted by Gasteiger charge is 2.11. The van der Waals surface area contributed by atoms with Crippen LogP contribution in [-0.2, 0) is 0 Å². The van der Waals surface area contributed by atoms with Crippen LogP contribution in [0.1, 0.15) is 0 Å². The summed E-state index contributed by atoms with van der Waals surface area (Å²) in [6.07, 6.45) is 0. The minimum absolute atomic E-state index is 0.0157. The summed E-state index contributed by atoms with van der Waals surface area (Å²) in [5.74, 6) is 1.22. The molecule has 0 fully saturated rings. The summed E-state index contributed by atoms with van der Waals surface area (Å²) in [5, 5.41) is 14.6. The fraction of sp³-hybridized carbons (Fsp3) is 0.0667. The van der Waals surface area contributed by atoms with Crippen molar-refractivity contribution in [2.75, 3.05) is 12.4 Å². The van der Waals surface area contributed by atoms with Gasteiger partial charge in [-0.3, -0.25) is 10.1 Å². The van der Waals surface area contributed by atoms with Crippen molar-refractivity contribution in [1.82, 2.24) is 9.36 Å². The van der Waals surface area contributed by atoms with Crippen LogP contribution in [0.4, 0.5) is 16.5 Å². The van der Waals surface area contributed by atoms with Crippen LogP contribution in [-0.4, -0.2) is 21.4 Å². The molecule has 3 aromatic rings. The number of benzene rings is 2. The Labute approximate surface area is 135 Å². The smallest absolute Gasteiger partial charge is 0.270 e. The average molecular weight is 328 g/mol. The van der Waals surface area contributed by atoms with Crippen LogP contribution < -0.4 is 10.1 Å². The molecule has 1 N–H and O–H groups in total. The summed E-state index contributed by atoms with van der Waals surface area (Å²) < 4.78 is 9.34. The number of hydrogen-bond donors (Lipinski definition) is 1. The molecule has 7 nitrogen and oxygen atoms in total. The van der Waals surface area contributed by atoms with E-state index in [1.165, 1.54) is 23.7 Å². The van der Waals surface area contributed by atoms with Crippen molar-refractivity contribution < 1.29 is 9.66 Å². The fourth-order valence-electron chi connectivity index (χ4n) is 1.95. The topological polar surface area (TPSA) is 90.2 Å². The predicted octanol–water partition coefficient (Wildman–Crippen LogP) is 3.87. The molecule has 116 valence electrons. The summed E-state index contributed by atoms with van der Waals surface area (Å²) in [6, 6.07) is 13.7. The number of methoxy groups -OCH3 is 1. The quantitative estimate of drug-likeness (QED) is 0.565. The van der Waals surface area contributed by atoms with Crippen LogP contribution in [0.2, 0.25) is 0 Å². The molecule has 0 radical (unpaired) electrons. The molecule has 1 aromatic heterocycles. The SMILES string of the molecule is COc1ccc(Nc2nc(-c3cccc([N+](=O)[O-])c3)ns2)cc1. The number of non-ortho nitro benzene ring substituents is 1. The van der Waals surface area contributed by atoms with Crippen LogP contribution in [0.5, 0.6) is 5.75 Å². The monoisotopic (exact) mass is 328 g/mol. The average Bonchev–Trinajstić information content (AvgIpc) is 3.04. The van der Waals surface area contributed by atoms with E-state index in [9.17, 15) is 10.1 Å². The van der Waals surface area contributed by atoms with Gasteiger partial charge in [-0.25, -0.2) is 0 Å². The van der Waals surface area contributed by atoms with Crippen LogP contribution in [0.25, 0.3) is 11.4 Å². The van der Waals surface area contributed by atoms with Gasteiger partial charge in [0, 0.05) is 34.9 Å². The van der Waals surface area contributed by atoms with Crippen molar-refractivity contribution in [2.45, 2.75) is 0 Å². The molecule has 0 bridgehead atoms. The van der Waals surface area contributed by atoms with E-state index in [2.05, 4.69) is 14.7 Å². The molecule has 8 heteroatoms. The van der Waals surface area contributed by atoms with Crippen LogP contribution >= 0.6 is 11.5 Å². The fourth-order valence-corrected chi connectivity index (χ4v) is 2.56. The number of nitrogens with zero attached hydrogens (tertiary/aromatic N) is 3. The van der Waals surface area contributed by atoms with Crippen LogP contribution in [0.15, 0.2) is 48.5 Å². The highest BCUT2D eigenvalue weighted by Crippen LogP contribution is 2.26. The van der Waals surface area contributed by atoms with Crippen LogP contribution in [0.3, 0.4) is 0 Å². The molecular formula is C15H12N4O3S. The second-order valence-corrected chi connectivity index (χ2v) is 5.34. The molecule has 0 saturated carbocycles. The number of nitrogens with one attached hydrogen (secondary N) is 1. The maximum Gasteiger partial charge on any atom is 0.270 e. The minimum Gasteiger partial charge on any atom is -0.497 e. The zero-order chi connectivity index (χ0) is 16.2. The maximum atomic E-state index is 10.8. The first-order chi connectivity index (χ1) is 11.2. The van der Waals surface area contributed by atoms with E-state index in [1.807, 2.05) is 24.3 Å². The van der Waals surface area contributed by atoms with E-state index in [4.69, 9.17) is 4.74 Å². The van der Waals surface area contributed by atoms with Gasteiger partial charge in [0.05, 0.1) is 12.0 Å². The molecule has 23 heavy (non-hydrogen) atoms. The van der Waals surface area contributed by atoms with Crippen molar-refractivity contribution in [1.29, 1.82) is 0 Å². The first-order valence-corrected chi connectivity index (χ1v) is 7.42. The van der Waals surface area contributed by atoms with Crippen molar-refractivity contribution in [2.24, 2.45) is 0 Å². The molecule has 0 unspecified atom stereocenters. The van der Waals surface area contributed by atoms with E-state index in [0.29, 0.717) is 16.5 Å². The van der Waals surface area contributed by atoms with Gasteiger partial charge >= 0.3 is 0 Å². The summed E-state index contributed by atoms with van der Waals surface area (Å²) in [4.78, 5) is 14.8. The summed E-state index contributed by atoms with van der Waals surface area (Å²) in [5.41, 5.74) is 1.48. The Morgan fingerprint density at radius 3 is 2.70 bits per heavy atom. The van der Waals surface area contributed by atoms with E-state index in [1.54, 1.807) is 19.2 Å². The van der Waals surface area contributed by atoms with Gasteiger partial charge < -0.3 is 10.1 Å². The van der Waals surface area contributed by atoms with Gasteiger partial charge in [0.1, 0.15) is 5.75 Å². The van der Waals surface area contributed by atoms with Crippen LogP contribution in [0, 0.1) is 10.1 Å². The van der Waals surface area contributed by atoms with Gasteiger partial charge in [-0.1, -0.05) is 12.1 Å². The number of ether oxygens (including phenoxy) is 1. The Morgan fingerprint density at radius 2 is 2.00 bits per heavy atom. The Bertz CT molecular complexity index is 833. The number of aromatic nitrogens is 2. The van der Waals surface area contributed by atoms with Gasteiger partial charge in [-0.15, -0.1) is 0 Å². The Hall–Kier alpha value is -3.00. The second kappa shape index (κ2) is 6.41. The van der Waals surface area contributed by atoms with Gasteiger partial charge in [0.2, 0.25) is 5.13 Å². The van der Waals surface area contributed by atoms with E-state index in [0.717, 1.165) is 11.4 Å². The predicted molar refractivity (Wildman–Crippen MR) is 88.3 cm³/mol. The molecule has 3 rings (SSSR count). The number of hydrogen-bond acceptors (Lipinski definition) is 7. The lowest BCUT2D eigenvalue weighted by Crippen LogP contribution is -1.91. The van der Waals surface area contributed by atoms with Gasteiger partial charge in [-0.05, 0) is 24.3 Å². The normalized spacial score (nSPS) is 10.3. The number of anilines is 2. The molecule has 0 amide bonds. The number of rotatable bonds is 5. The first-order valence-electron chi connectivity index (χ1n) is 6.65. The molecule has 0 aliphatic rings. The molecular weight excluding hydrogens is 316 g/mol. The van der Waals surface area contributed by atoms with E-state index in [-0.39, 0.29) is 5.69 Å². The minimum atomic E-state index is -0.438. The third kappa shape index (κ3) is 3.43. The standard InChI is InChI=1S/C15H12N4O3S/c1-22-13-7-5-11(6-8-13)16-15-17-14(18-23-15)10-3-2-4-12(9-10)19(20)21/h2-9H,1H3,(H,16,17,18). The van der Waals surface area contributed by atoms with Gasteiger partial charge in [0.25, 0.3) is 5.69 Å². The molecule has 0 spiro atoms. The van der Waals surface area contributed by atoms with Crippen molar-refractivity contribution in [3.8, 4) is 17.1 Å². The largest absolute Gasteiger partial charge is 0.497 e.